The smallest absolute Gasteiger partial charge is 0.407 e. The van der Waals surface area contributed by atoms with Gasteiger partial charge >= 0.3 is 12.2 Å². The maximum Gasteiger partial charge on any atom is 0.407 e. The molecule has 6 rings (SSSR count). The second-order valence-corrected chi connectivity index (χ2v) is 11.9. The van der Waals surface area contributed by atoms with Crippen molar-refractivity contribution in [3.8, 4) is 11.3 Å². The van der Waals surface area contributed by atoms with Gasteiger partial charge in [-0.05, 0) is 43.4 Å². The summed E-state index contributed by atoms with van der Waals surface area (Å²) in [6.45, 7) is 0.915. The number of imidazole rings is 1. The average Bonchev–Trinajstić information content (AvgIpc) is 3.71. The summed E-state index contributed by atoms with van der Waals surface area (Å²) in [4.78, 5) is 47.2. The SMILES string of the molecule is O=C(NCc1ccco1)OC1CCCCCC1n1cnc(C(=O)N2CCN(C(=O)O)C[C@H]2Cc2ccccc2)c1-c1ccccc1. The van der Waals surface area contributed by atoms with Crippen molar-refractivity contribution < 1.29 is 28.6 Å². The van der Waals surface area contributed by atoms with Crippen LogP contribution in [0, 0.1) is 0 Å². The normalized spacial score (nSPS) is 20.1. The summed E-state index contributed by atoms with van der Waals surface area (Å²) in [5.74, 6) is 0.388. The lowest BCUT2D eigenvalue weighted by atomic mass is 10.0. The third-order valence-electron chi connectivity index (χ3n) is 8.89. The highest BCUT2D eigenvalue weighted by Gasteiger charge is 2.37. The van der Waals surface area contributed by atoms with Gasteiger partial charge in [-0.2, -0.15) is 0 Å². The van der Waals surface area contributed by atoms with Crippen molar-refractivity contribution in [1.29, 1.82) is 0 Å². The van der Waals surface area contributed by atoms with Gasteiger partial charge in [0.2, 0.25) is 0 Å². The van der Waals surface area contributed by atoms with Crippen LogP contribution in [0.15, 0.2) is 89.8 Å². The topological polar surface area (TPSA) is 130 Å². The van der Waals surface area contributed by atoms with Gasteiger partial charge in [-0.15, -0.1) is 0 Å². The zero-order valence-electron chi connectivity index (χ0n) is 25.7. The van der Waals surface area contributed by atoms with E-state index in [1.807, 2.05) is 65.2 Å². The van der Waals surface area contributed by atoms with E-state index in [9.17, 15) is 19.5 Å². The van der Waals surface area contributed by atoms with E-state index in [2.05, 4.69) is 5.32 Å². The second-order valence-electron chi connectivity index (χ2n) is 11.9. The molecule has 4 aromatic rings. The van der Waals surface area contributed by atoms with Gasteiger partial charge in [0.15, 0.2) is 5.69 Å². The molecule has 2 fully saturated rings. The van der Waals surface area contributed by atoms with Gasteiger partial charge in [0.05, 0.1) is 36.9 Å². The van der Waals surface area contributed by atoms with E-state index in [1.165, 1.54) is 4.90 Å². The Hall–Kier alpha value is -5.06. The Kier molecular flexibility index (Phi) is 9.66. The first kappa shape index (κ1) is 30.9. The van der Waals surface area contributed by atoms with Crippen LogP contribution in [0.2, 0.25) is 0 Å². The van der Waals surface area contributed by atoms with E-state index >= 15 is 0 Å². The third kappa shape index (κ3) is 7.09. The zero-order valence-corrected chi connectivity index (χ0v) is 25.7. The molecule has 0 bridgehead atoms. The number of carbonyl (C=O) groups excluding carboxylic acids is 2. The number of aromatic nitrogens is 2. The van der Waals surface area contributed by atoms with E-state index in [0.717, 1.165) is 36.8 Å². The van der Waals surface area contributed by atoms with Crippen molar-refractivity contribution in [3.05, 3.63) is 102 Å². The number of furan rings is 1. The van der Waals surface area contributed by atoms with Crippen LogP contribution in [0.3, 0.4) is 0 Å². The highest BCUT2D eigenvalue weighted by atomic mass is 16.6. The highest BCUT2D eigenvalue weighted by Crippen LogP contribution is 2.36. The van der Waals surface area contributed by atoms with Crippen LogP contribution in [-0.4, -0.2) is 74.3 Å². The maximum atomic E-state index is 14.5. The Bertz CT molecular complexity index is 1610. The van der Waals surface area contributed by atoms with E-state index < -0.39 is 18.3 Å². The van der Waals surface area contributed by atoms with Gasteiger partial charge < -0.3 is 33.9 Å². The largest absolute Gasteiger partial charge is 0.467 e. The Balaban J connectivity index is 1.31. The Labute approximate surface area is 267 Å². The summed E-state index contributed by atoms with van der Waals surface area (Å²) >= 11 is 0. The van der Waals surface area contributed by atoms with Crippen molar-refractivity contribution >= 4 is 18.1 Å². The summed E-state index contributed by atoms with van der Waals surface area (Å²) in [5, 5.41) is 12.5. The number of carboxylic acid groups (broad SMARTS) is 1. The van der Waals surface area contributed by atoms with Crippen LogP contribution in [0.25, 0.3) is 11.3 Å². The molecule has 0 spiro atoms. The zero-order chi connectivity index (χ0) is 31.9. The monoisotopic (exact) mass is 625 g/mol. The number of amides is 3. The van der Waals surface area contributed by atoms with Gasteiger partial charge in [0, 0.05) is 25.2 Å². The van der Waals surface area contributed by atoms with Crippen molar-refractivity contribution in [2.75, 3.05) is 19.6 Å². The summed E-state index contributed by atoms with van der Waals surface area (Å²) < 4.78 is 13.4. The van der Waals surface area contributed by atoms with Gasteiger partial charge in [0.1, 0.15) is 11.9 Å². The molecule has 11 heteroatoms. The van der Waals surface area contributed by atoms with Crippen LogP contribution in [0.1, 0.15) is 60.0 Å². The molecule has 2 unspecified atom stereocenters. The quantitative estimate of drug-likeness (QED) is 0.230. The van der Waals surface area contributed by atoms with E-state index in [0.29, 0.717) is 30.0 Å². The number of hydrogen-bond donors (Lipinski definition) is 2. The molecule has 1 saturated heterocycles. The molecule has 2 aliphatic rings. The molecule has 2 aromatic heterocycles. The Morgan fingerprint density at radius 1 is 0.935 bits per heavy atom. The Morgan fingerprint density at radius 2 is 1.70 bits per heavy atom. The number of benzene rings is 2. The molecule has 3 atom stereocenters. The first-order valence-corrected chi connectivity index (χ1v) is 15.9. The molecule has 1 aliphatic carbocycles. The molecule has 3 amide bonds. The van der Waals surface area contributed by atoms with E-state index in [1.54, 1.807) is 29.6 Å². The predicted molar refractivity (Wildman–Crippen MR) is 170 cm³/mol. The fourth-order valence-electron chi connectivity index (χ4n) is 6.61. The molecule has 1 saturated carbocycles. The molecular formula is C35H39N5O6. The lowest BCUT2D eigenvalue weighted by Gasteiger charge is -2.40. The predicted octanol–water partition coefficient (Wildman–Crippen LogP) is 5.99. The summed E-state index contributed by atoms with van der Waals surface area (Å²) in [7, 11) is 0. The van der Waals surface area contributed by atoms with Crippen LogP contribution in [-0.2, 0) is 17.7 Å². The van der Waals surface area contributed by atoms with Crippen LogP contribution in [0.4, 0.5) is 9.59 Å². The minimum atomic E-state index is -0.994. The minimum absolute atomic E-state index is 0.211. The fraction of sp³-hybridized carbons (Fsp3) is 0.371. The van der Waals surface area contributed by atoms with E-state index in [4.69, 9.17) is 14.1 Å². The number of carbonyl (C=O) groups is 3. The number of rotatable bonds is 8. The molecule has 2 aromatic carbocycles. The van der Waals surface area contributed by atoms with Crippen molar-refractivity contribution in [3.63, 3.8) is 0 Å². The number of hydrogen-bond acceptors (Lipinski definition) is 6. The molecule has 2 N–H and O–H groups in total. The number of ether oxygens (including phenoxy) is 1. The molecule has 3 heterocycles. The third-order valence-corrected chi connectivity index (χ3v) is 8.89. The Morgan fingerprint density at radius 3 is 2.43 bits per heavy atom. The van der Waals surface area contributed by atoms with Gasteiger partial charge in [-0.1, -0.05) is 73.5 Å². The molecule has 240 valence electrons. The standard InChI is InChI=1S/C35H39N5O6/c41-33(39-19-18-38(35(43)44)23-27(39)21-25-11-4-1-5-12-25)31-32(26-13-6-2-7-14-26)40(24-37-31)29-16-8-3-9-17-30(29)46-34(42)36-22-28-15-10-20-45-28/h1-2,4-7,10-15,20,24,27,29-30H,3,8-9,16-19,21-23H2,(H,36,42)(H,43,44)/t27-,29?,30?/m1/s1. The summed E-state index contributed by atoms with van der Waals surface area (Å²) in [5.41, 5.74) is 2.83. The van der Waals surface area contributed by atoms with Gasteiger partial charge in [-0.3, -0.25) is 4.79 Å². The van der Waals surface area contributed by atoms with Crippen LogP contribution >= 0.6 is 0 Å². The molecule has 46 heavy (non-hydrogen) atoms. The molecule has 11 nitrogen and oxygen atoms in total. The first-order valence-electron chi connectivity index (χ1n) is 15.9. The van der Waals surface area contributed by atoms with Crippen molar-refractivity contribution in [1.82, 2.24) is 24.7 Å². The maximum absolute atomic E-state index is 14.5. The lowest BCUT2D eigenvalue weighted by Crippen LogP contribution is -2.57. The number of nitrogens with zero attached hydrogens (tertiary/aromatic N) is 4. The number of alkyl carbamates (subject to hydrolysis) is 1. The van der Waals surface area contributed by atoms with Crippen molar-refractivity contribution in [2.45, 2.75) is 63.3 Å². The van der Waals surface area contributed by atoms with Gasteiger partial charge in [0.25, 0.3) is 5.91 Å². The van der Waals surface area contributed by atoms with Crippen LogP contribution < -0.4 is 5.32 Å². The first-order chi connectivity index (χ1) is 22.5. The highest BCUT2D eigenvalue weighted by molar-refractivity contribution is 5.98. The summed E-state index contributed by atoms with van der Waals surface area (Å²) in [6, 6.07) is 22.4. The molecular weight excluding hydrogens is 586 g/mol. The lowest BCUT2D eigenvalue weighted by molar-refractivity contribution is 0.0446. The molecule has 1 aliphatic heterocycles. The molecule has 0 radical (unpaired) electrons. The fourth-order valence-corrected chi connectivity index (χ4v) is 6.61. The van der Waals surface area contributed by atoms with E-state index in [-0.39, 0.29) is 44.2 Å². The number of nitrogens with one attached hydrogen (secondary N) is 1. The average molecular weight is 626 g/mol. The van der Waals surface area contributed by atoms with Gasteiger partial charge in [-0.25, -0.2) is 14.6 Å². The number of piperazine rings is 1. The second kappa shape index (κ2) is 14.4. The minimum Gasteiger partial charge on any atom is -0.467 e. The van der Waals surface area contributed by atoms with Crippen LogP contribution in [0.5, 0.6) is 0 Å². The summed E-state index contributed by atoms with van der Waals surface area (Å²) in [6.07, 6.45) is 6.16. The van der Waals surface area contributed by atoms with Crippen molar-refractivity contribution in [2.24, 2.45) is 0 Å².